The predicted octanol–water partition coefficient (Wildman–Crippen LogP) is 4.94. The van der Waals surface area contributed by atoms with Crippen molar-refractivity contribution in [3.8, 4) is 17.2 Å². The molecule has 27 heavy (non-hydrogen) atoms. The third-order valence-corrected chi connectivity index (χ3v) is 4.27. The number of carbonyl (C=O) groups excluding carboxylic acids is 1. The van der Waals surface area contributed by atoms with E-state index in [1.54, 1.807) is 13.0 Å². The minimum absolute atomic E-state index is 0.0869. The smallest absolute Gasteiger partial charge is 0.503 e. The first-order chi connectivity index (χ1) is 12.7. The predicted molar refractivity (Wildman–Crippen MR) is 96.6 cm³/mol. The van der Waals surface area contributed by atoms with Gasteiger partial charge in [0.2, 0.25) is 0 Å². The molecule has 2 N–H and O–H groups in total. The van der Waals surface area contributed by atoms with Crippen molar-refractivity contribution in [2.45, 2.75) is 13.3 Å². The van der Waals surface area contributed by atoms with E-state index >= 15 is 0 Å². The Hall–Kier alpha value is -2.68. The van der Waals surface area contributed by atoms with Gasteiger partial charge in [-0.2, -0.15) is 0 Å². The van der Waals surface area contributed by atoms with Crippen LogP contribution in [0.1, 0.15) is 18.1 Å². The van der Waals surface area contributed by atoms with Crippen molar-refractivity contribution in [3.05, 3.63) is 45.9 Å². The molecule has 0 saturated heterocycles. The molecule has 1 aliphatic rings. The number of anilines is 1. The zero-order valence-electron chi connectivity index (χ0n) is 13.9. The van der Waals surface area contributed by atoms with Crippen molar-refractivity contribution >= 4 is 39.2 Å². The molecule has 3 rings (SSSR count). The van der Waals surface area contributed by atoms with Crippen molar-refractivity contribution in [1.82, 2.24) is 0 Å². The van der Waals surface area contributed by atoms with E-state index in [4.69, 9.17) is 4.74 Å². The van der Waals surface area contributed by atoms with Gasteiger partial charge in [0.1, 0.15) is 5.75 Å². The number of carbonyl (C=O) groups is 1. The maximum Gasteiger partial charge on any atom is 0.573 e. The topological polar surface area (TPSA) is 67.8 Å². The lowest BCUT2D eigenvalue weighted by molar-refractivity contribution is -0.274. The van der Waals surface area contributed by atoms with Gasteiger partial charge in [-0.05, 0) is 64.8 Å². The highest BCUT2D eigenvalue weighted by Crippen LogP contribution is 2.40. The largest absolute Gasteiger partial charge is 0.573 e. The molecule has 0 aliphatic carbocycles. The second kappa shape index (κ2) is 7.15. The van der Waals surface area contributed by atoms with E-state index in [0.29, 0.717) is 22.3 Å². The highest BCUT2D eigenvalue weighted by molar-refractivity contribution is 9.10. The normalized spacial score (nSPS) is 14.9. The fourth-order valence-corrected chi connectivity index (χ4v) is 3.08. The summed E-state index contributed by atoms with van der Waals surface area (Å²) in [6, 6.07) is 6.70. The maximum absolute atomic E-state index is 12.5. The summed E-state index contributed by atoms with van der Waals surface area (Å²) in [7, 11) is 0. The lowest BCUT2D eigenvalue weighted by Gasteiger charge is -2.10. The molecular formula is C18H13BrF3NO4. The van der Waals surface area contributed by atoms with Crippen LogP contribution in [0.25, 0.3) is 11.6 Å². The van der Waals surface area contributed by atoms with Gasteiger partial charge < -0.3 is 19.9 Å². The van der Waals surface area contributed by atoms with Gasteiger partial charge in [0.05, 0.1) is 11.1 Å². The lowest BCUT2D eigenvalue weighted by atomic mass is 10.0. The van der Waals surface area contributed by atoms with Crippen LogP contribution >= 0.6 is 15.9 Å². The third-order valence-electron chi connectivity index (χ3n) is 3.67. The summed E-state index contributed by atoms with van der Waals surface area (Å²) < 4.78 is 47.0. The summed E-state index contributed by atoms with van der Waals surface area (Å²) in [5, 5.41) is 12.6. The van der Waals surface area contributed by atoms with Crippen molar-refractivity contribution in [2.75, 3.05) is 11.9 Å². The van der Waals surface area contributed by atoms with Crippen LogP contribution in [0.2, 0.25) is 0 Å². The number of rotatable bonds is 4. The van der Waals surface area contributed by atoms with Crippen LogP contribution in [0.5, 0.6) is 17.2 Å². The standard InChI is InChI=1S/C18H13BrF3NO4/c1-2-26-15-7-9(6-13(19)16(15)24)5-12-11-8-10(27-18(20,21)22)3-4-14(11)23-17(12)25/h3-8,24H,2H2,1H3,(H,23,25). The molecule has 1 aliphatic heterocycles. The molecule has 0 radical (unpaired) electrons. The van der Waals surface area contributed by atoms with E-state index in [0.717, 1.165) is 12.1 Å². The Balaban J connectivity index is 2.04. The number of hydrogen-bond acceptors (Lipinski definition) is 4. The number of nitrogens with one attached hydrogen (secondary N) is 1. The monoisotopic (exact) mass is 443 g/mol. The number of phenolic OH excluding ortho intramolecular Hbond substituents is 1. The molecule has 0 spiro atoms. The average Bonchev–Trinajstić information content (AvgIpc) is 2.86. The third kappa shape index (κ3) is 4.19. The zero-order chi connectivity index (χ0) is 19.8. The molecule has 142 valence electrons. The lowest BCUT2D eigenvalue weighted by Crippen LogP contribution is -2.17. The van der Waals surface area contributed by atoms with Crippen LogP contribution in [0.15, 0.2) is 34.8 Å². The number of halogens is 4. The molecule has 1 amide bonds. The van der Waals surface area contributed by atoms with E-state index in [1.807, 2.05) is 0 Å². The number of phenols is 1. The second-order valence-corrected chi connectivity index (χ2v) is 6.40. The van der Waals surface area contributed by atoms with E-state index in [-0.39, 0.29) is 22.6 Å². The maximum atomic E-state index is 12.5. The summed E-state index contributed by atoms with van der Waals surface area (Å²) in [6.07, 6.45) is -3.34. The Labute approximate surface area is 160 Å². The average molecular weight is 444 g/mol. The van der Waals surface area contributed by atoms with E-state index in [2.05, 4.69) is 26.0 Å². The minimum atomic E-state index is -4.83. The first-order valence-corrected chi connectivity index (χ1v) is 8.55. The van der Waals surface area contributed by atoms with Crippen molar-refractivity contribution in [2.24, 2.45) is 0 Å². The Morgan fingerprint density at radius 2 is 2.00 bits per heavy atom. The van der Waals surface area contributed by atoms with E-state index in [1.165, 1.54) is 18.2 Å². The molecule has 2 aromatic carbocycles. The fraction of sp³-hybridized carbons (Fsp3) is 0.167. The van der Waals surface area contributed by atoms with Gasteiger partial charge in [-0.25, -0.2) is 0 Å². The molecule has 9 heteroatoms. The number of aromatic hydroxyl groups is 1. The number of hydrogen-bond donors (Lipinski definition) is 2. The Morgan fingerprint density at radius 1 is 1.26 bits per heavy atom. The highest BCUT2D eigenvalue weighted by atomic mass is 79.9. The molecule has 0 unspecified atom stereocenters. The van der Waals surface area contributed by atoms with Crippen LogP contribution < -0.4 is 14.8 Å². The van der Waals surface area contributed by atoms with Gasteiger partial charge in [0, 0.05) is 16.8 Å². The van der Waals surface area contributed by atoms with Crippen LogP contribution in [-0.2, 0) is 4.79 Å². The Bertz CT molecular complexity index is 941. The van der Waals surface area contributed by atoms with Crippen LogP contribution in [-0.4, -0.2) is 24.0 Å². The Morgan fingerprint density at radius 3 is 2.67 bits per heavy atom. The van der Waals surface area contributed by atoms with Gasteiger partial charge >= 0.3 is 6.36 Å². The van der Waals surface area contributed by atoms with Gasteiger partial charge in [0.25, 0.3) is 5.91 Å². The van der Waals surface area contributed by atoms with E-state index in [9.17, 15) is 23.1 Å². The summed E-state index contributed by atoms with van der Waals surface area (Å²) in [5.74, 6) is -0.760. The second-order valence-electron chi connectivity index (χ2n) is 5.55. The summed E-state index contributed by atoms with van der Waals surface area (Å²) in [4.78, 5) is 12.3. The molecule has 0 bridgehead atoms. The summed E-state index contributed by atoms with van der Waals surface area (Å²) in [5.41, 5.74) is 1.34. The molecule has 0 aromatic heterocycles. The van der Waals surface area contributed by atoms with Gasteiger partial charge in [-0.15, -0.1) is 13.2 Å². The summed E-state index contributed by atoms with van der Waals surface area (Å²) in [6.45, 7) is 2.07. The first-order valence-electron chi connectivity index (χ1n) is 7.76. The zero-order valence-corrected chi connectivity index (χ0v) is 15.4. The van der Waals surface area contributed by atoms with Crippen molar-refractivity contribution in [1.29, 1.82) is 0 Å². The molecule has 0 saturated carbocycles. The molecular weight excluding hydrogens is 431 g/mol. The SMILES string of the molecule is CCOc1cc(C=C2C(=O)Nc3ccc(OC(F)(F)F)cc32)cc(Br)c1O. The molecule has 0 atom stereocenters. The number of fused-ring (bicyclic) bond motifs is 1. The van der Waals surface area contributed by atoms with Gasteiger partial charge in [-0.1, -0.05) is 0 Å². The molecule has 2 aromatic rings. The number of benzene rings is 2. The van der Waals surface area contributed by atoms with Crippen LogP contribution in [0, 0.1) is 0 Å². The van der Waals surface area contributed by atoms with Gasteiger partial charge in [-0.3, -0.25) is 4.79 Å². The highest BCUT2D eigenvalue weighted by Gasteiger charge is 2.32. The fourth-order valence-electron chi connectivity index (χ4n) is 2.62. The first kappa shape index (κ1) is 19.1. The molecule has 5 nitrogen and oxygen atoms in total. The minimum Gasteiger partial charge on any atom is -0.503 e. The molecule has 0 fully saturated rings. The number of ether oxygens (including phenoxy) is 2. The quantitative estimate of drug-likeness (QED) is 0.656. The Kier molecular flexibility index (Phi) is 5.05. The van der Waals surface area contributed by atoms with Crippen molar-refractivity contribution < 1.29 is 32.5 Å². The summed E-state index contributed by atoms with van der Waals surface area (Å²) >= 11 is 3.20. The number of alkyl halides is 3. The van der Waals surface area contributed by atoms with Crippen LogP contribution in [0.4, 0.5) is 18.9 Å². The molecule has 1 heterocycles. The van der Waals surface area contributed by atoms with Crippen molar-refractivity contribution in [3.63, 3.8) is 0 Å². The van der Waals surface area contributed by atoms with E-state index < -0.39 is 18.0 Å². The number of amides is 1. The van der Waals surface area contributed by atoms with Crippen LogP contribution in [0.3, 0.4) is 0 Å². The van der Waals surface area contributed by atoms with Gasteiger partial charge in [0.15, 0.2) is 11.5 Å².